The van der Waals surface area contributed by atoms with E-state index >= 15 is 0 Å². The molecule has 5 rings (SSSR count). The Balaban J connectivity index is 1.31. The molecule has 2 aromatic rings. The van der Waals surface area contributed by atoms with Crippen LogP contribution in [-0.4, -0.2) is 46.5 Å². The zero-order valence-electron chi connectivity index (χ0n) is 22.8. The zero-order chi connectivity index (χ0) is 26.9. The Hall–Kier alpha value is -2.51. The van der Waals surface area contributed by atoms with E-state index in [1.807, 2.05) is 6.20 Å². The van der Waals surface area contributed by atoms with Crippen molar-refractivity contribution < 1.29 is 23.8 Å². The molecule has 38 heavy (non-hydrogen) atoms. The SMILES string of the molecule is CC(C)(C)Cc1cnc2c(c1)[C@@H](CC[C@@H](O)[C@H](Cc1ccc(F)cc1)NC(=O)C1CCO1)CC1(CCC1)O2. The van der Waals surface area contributed by atoms with E-state index in [0.29, 0.717) is 25.9 Å². The van der Waals surface area contributed by atoms with Crippen LogP contribution in [0.25, 0.3) is 0 Å². The van der Waals surface area contributed by atoms with Crippen LogP contribution in [0.4, 0.5) is 4.39 Å². The Morgan fingerprint density at radius 3 is 2.58 bits per heavy atom. The minimum Gasteiger partial charge on any atom is -0.471 e. The third-order valence-electron chi connectivity index (χ3n) is 8.27. The number of amides is 1. The van der Waals surface area contributed by atoms with Crippen LogP contribution in [-0.2, 0) is 22.4 Å². The number of halogens is 1. The lowest BCUT2D eigenvalue weighted by Gasteiger charge is -2.47. The molecule has 0 bridgehead atoms. The van der Waals surface area contributed by atoms with Crippen molar-refractivity contribution in [1.29, 1.82) is 0 Å². The van der Waals surface area contributed by atoms with Crippen molar-refractivity contribution in [3.05, 3.63) is 59.0 Å². The molecule has 1 aliphatic carbocycles. The molecule has 1 aromatic heterocycles. The fraction of sp³-hybridized carbons (Fsp3) is 0.613. The number of pyridine rings is 1. The molecule has 206 valence electrons. The Labute approximate surface area is 225 Å². The number of ether oxygens (including phenoxy) is 2. The highest BCUT2D eigenvalue weighted by Crippen LogP contribution is 2.50. The van der Waals surface area contributed by atoms with Crippen molar-refractivity contribution >= 4 is 5.91 Å². The molecular weight excluding hydrogens is 483 g/mol. The van der Waals surface area contributed by atoms with Crippen LogP contribution in [0.3, 0.4) is 0 Å². The van der Waals surface area contributed by atoms with Gasteiger partial charge in [-0.25, -0.2) is 9.37 Å². The van der Waals surface area contributed by atoms with E-state index in [2.05, 4.69) is 32.2 Å². The minimum atomic E-state index is -0.751. The number of fused-ring (bicyclic) bond motifs is 1. The van der Waals surface area contributed by atoms with Gasteiger partial charge in [-0.15, -0.1) is 0 Å². The number of aromatic nitrogens is 1. The lowest BCUT2D eigenvalue weighted by Crippen LogP contribution is -2.51. The molecule has 1 spiro atoms. The highest BCUT2D eigenvalue weighted by molar-refractivity contribution is 5.81. The number of aliphatic hydroxyl groups excluding tert-OH is 1. The van der Waals surface area contributed by atoms with E-state index in [1.54, 1.807) is 12.1 Å². The normalized spacial score (nSPS) is 23.4. The summed E-state index contributed by atoms with van der Waals surface area (Å²) in [5.41, 5.74) is 3.23. The summed E-state index contributed by atoms with van der Waals surface area (Å²) in [6, 6.07) is 8.00. The Morgan fingerprint density at radius 2 is 1.97 bits per heavy atom. The standard InChI is InChI=1S/C31H41FN2O4/c1-30(2,3)17-21-15-24-22(18-31(12-4-13-31)38-29(24)33-19-21)7-10-26(35)25(34-28(36)27-11-14-37-27)16-20-5-8-23(32)9-6-20/h5-6,8-9,15,19,22,25-27,35H,4,7,10-14,16-18H2,1-3H3,(H,34,36)/t22-,25-,26+,27?/m0/s1. The highest BCUT2D eigenvalue weighted by Gasteiger charge is 2.46. The summed E-state index contributed by atoms with van der Waals surface area (Å²) in [5.74, 6) is 0.480. The summed E-state index contributed by atoms with van der Waals surface area (Å²) >= 11 is 0. The summed E-state index contributed by atoms with van der Waals surface area (Å²) < 4.78 is 25.3. The van der Waals surface area contributed by atoms with E-state index in [4.69, 9.17) is 14.5 Å². The fourth-order valence-corrected chi connectivity index (χ4v) is 5.99. The van der Waals surface area contributed by atoms with Crippen molar-refractivity contribution in [2.75, 3.05) is 6.61 Å². The number of aliphatic hydroxyl groups is 1. The monoisotopic (exact) mass is 524 g/mol. The van der Waals surface area contributed by atoms with Gasteiger partial charge in [0.15, 0.2) is 0 Å². The lowest BCUT2D eigenvalue weighted by molar-refractivity contribution is -0.146. The molecule has 2 N–H and O–H groups in total. The molecule has 1 amide bonds. The van der Waals surface area contributed by atoms with Crippen LogP contribution in [0.1, 0.15) is 88.3 Å². The topological polar surface area (TPSA) is 80.7 Å². The van der Waals surface area contributed by atoms with Gasteiger partial charge in [0.25, 0.3) is 0 Å². The summed E-state index contributed by atoms with van der Waals surface area (Å²) in [5, 5.41) is 14.4. The Kier molecular flexibility index (Phi) is 7.79. The number of hydrogen-bond acceptors (Lipinski definition) is 5. The molecule has 1 saturated carbocycles. The van der Waals surface area contributed by atoms with Crippen LogP contribution in [0.15, 0.2) is 36.5 Å². The maximum absolute atomic E-state index is 13.5. The maximum Gasteiger partial charge on any atom is 0.249 e. The average molecular weight is 525 g/mol. The highest BCUT2D eigenvalue weighted by atomic mass is 19.1. The summed E-state index contributed by atoms with van der Waals surface area (Å²) in [7, 11) is 0. The number of nitrogens with zero attached hydrogens (tertiary/aromatic N) is 1. The first-order chi connectivity index (χ1) is 18.1. The zero-order valence-corrected chi connectivity index (χ0v) is 22.8. The van der Waals surface area contributed by atoms with Gasteiger partial charge in [0.2, 0.25) is 11.8 Å². The first kappa shape index (κ1) is 27.1. The predicted octanol–water partition coefficient (Wildman–Crippen LogP) is 5.26. The molecule has 1 aromatic carbocycles. The van der Waals surface area contributed by atoms with E-state index in [-0.39, 0.29) is 28.7 Å². The van der Waals surface area contributed by atoms with Crippen LogP contribution in [0.2, 0.25) is 0 Å². The van der Waals surface area contributed by atoms with Crippen molar-refractivity contribution in [3.63, 3.8) is 0 Å². The van der Waals surface area contributed by atoms with E-state index in [9.17, 15) is 14.3 Å². The molecule has 2 aliphatic heterocycles. The van der Waals surface area contributed by atoms with Crippen LogP contribution >= 0.6 is 0 Å². The molecule has 1 unspecified atom stereocenters. The second kappa shape index (κ2) is 10.9. The van der Waals surface area contributed by atoms with Gasteiger partial charge >= 0.3 is 0 Å². The number of benzene rings is 1. The average Bonchev–Trinajstić information content (AvgIpc) is 2.80. The van der Waals surface area contributed by atoms with Gasteiger partial charge in [-0.3, -0.25) is 4.79 Å². The Morgan fingerprint density at radius 1 is 1.24 bits per heavy atom. The third-order valence-corrected chi connectivity index (χ3v) is 8.27. The minimum absolute atomic E-state index is 0.134. The number of hydrogen-bond donors (Lipinski definition) is 2. The van der Waals surface area contributed by atoms with Crippen LogP contribution in [0, 0.1) is 11.2 Å². The van der Waals surface area contributed by atoms with E-state index in [1.165, 1.54) is 24.1 Å². The Bertz CT molecular complexity index is 1120. The van der Waals surface area contributed by atoms with Crippen molar-refractivity contribution in [3.8, 4) is 5.88 Å². The number of rotatable bonds is 9. The molecule has 4 atom stereocenters. The first-order valence-electron chi connectivity index (χ1n) is 14.1. The predicted molar refractivity (Wildman–Crippen MR) is 144 cm³/mol. The molecule has 7 heteroatoms. The second-order valence-electron chi connectivity index (χ2n) is 12.8. The van der Waals surface area contributed by atoms with Crippen LogP contribution < -0.4 is 10.1 Å². The van der Waals surface area contributed by atoms with Gasteiger partial charge < -0.3 is 19.9 Å². The quantitative estimate of drug-likeness (QED) is 0.468. The largest absolute Gasteiger partial charge is 0.471 e. The second-order valence-corrected chi connectivity index (χ2v) is 12.8. The first-order valence-corrected chi connectivity index (χ1v) is 14.1. The van der Waals surface area contributed by atoms with Crippen molar-refractivity contribution in [1.82, 2.24) is 10.3 Å². The summed E-state index contributed by atoms with van der Waals surface area (Å²) in [4.78, 5) is 17.4. The molecular formula is C31H41FN2O4. The van der Waals surface area contributed by atoms with Crippen LogP contribution in [0.5, 0.6) is 5.88 Å². The van der Waals surface area contributed by atoms with Crippen molar-refractivity contribution in [2.24, 2.45) is 5.41 Å². The smallest absolute Gasteiger partial charge is 0.249 e. The van der Waals surface area contributed by atoms with Gasteiger partial charge in [-0.2, -0.15) is 0 Å². The van der Waals surface area contributed by atoms with E-state index in [0.717, 1.165) is 49.1 Å². The van der Waals surface area contributed by atoms with Gasteiger partial charge in [0, 0.05) is 18.2 Å². The molecule has 3 aliphatic rings. The number of nitrogens with one attached hydrogen (secondary N) is 1. The molecule has 6 nitrogen and oxygen atoms in total. The fourth-order valence-electron chi connectivity index (χ4n) is 5.99. The van der Waals surface area contributed by atoms with E-state index < -0.39 is 18.2 Å². The number of carbonyl (C=O) groups excluding carboxylic acids is 1. The maximum atomic E-state index is 13.5. The molecule has 3 heterocycles. The molecule has 2 fully saturated rings. The van der Waals surface area contributed by atoms with Gasteiger partial charge in [0.1, 0.15) is 17.5 Å². The lowest BCUT2D eigenvalue weighted by atomic mass is 9.70. The molecule has 0 radical (unpaired) electrons. The summed E-state index contributed by atoms with van der Waals surface area (Å²) in [6.45, 7) is 7.26. The third kappa shape index (κ3) is 6.37. The number of carbonyl (C=O) groups is 1. The van der Waals surface area contributed by atoms with Gasteiger partial charge in [-0.05, 0) is 92.0 Å². The van der Waals surface area contributed by atoms with Gasteiger partial charge in [-0.1, -0.05) is 32.9 Å². The molecule has 1 saturated heterocycles. The van der Waals surface area contributed by atoms with Crippen molar-refractivity contribution in [2.45, 2.75) is 108 Å². The summed E-state index contributed by atoms with van der Waals surface area (Å²) in [6.07, 6.45) is 8.28. The van der Waals surface area contributed by atoms with Gasteiger partial charge in [0.05, 0.1) is 18.8 Å².